The second-order valence-electron chi connectivity index (χ2n) is 5.76. The normalized spacial score (nSPS) is 20.2. The Balaban J connectivity index is 1.60. The van der Waals surface area contributed by atoms with Crippen LogP contribution in [0, 0.1) is 0 Å². The zero-order valence-electron chi connectivity index (χ0n) is 11.4. The lowest BCUT2D eigenvalue weighted by molar-refractivity contribution is -0.0293. The van der Waals surface area contributed by atoms with E-state index in [1.165, 1.54) is 31.2 Å². The number of hydrogen-bond donors (Lipinski definition) is 0. The van der Waals surface area contributed by atoms with Crippen molar-refractivity contribution in [2.75, 3.05) is 13.2 Å². The van der Waals surface area contributed by atoms with Crippen LogP contribution in [0.4, 0.5) is 0 Å². The van der Waals surface area contributed by atoms with Crippen molar-refractivity contribution >= 4 is 0 Å². The molecule has 2 fully saturated rings. The van der Waals surface area contributed by atoms with E-state index in [2.05, 4.69) is 21.4 Å². The molecule has 2 aliphatic rings. The van der Waals surface area contributed by atoms with Crippen LogP contribution < -0.4 is 0 Å². The molecule has 0 aromatic carbocycles. The molecule has 0 N–H and O–H groups in total. The highest BCUT2D eigenvalue weighted by molar-refractivity contribution is 5.57. The van der Waals surface area contributed by atoms with Crippen molar-refractivity contribution in [1.82, 2.24) is 20.0 Å². The third-order valence-corrected chi connectivity index (χ3v) is 4.39. The predicted octanol–water partition coefficient (Wildman–Crippen LogP) is 2.57. The molecule has 1 aliphatic heterocycles. The van der Waals surface area contributed by atoms with E-state index < -0.39 is 0 Å². The van der Waals surface area contributed by atoms with E-state index in [4.69, 9.17) is 4.74 Å². The standard InChI is InChI=1S/C15H18N4O/c1-2-4-11(3-1)12-5-13(7-16-6-12)15-8-19(18-17-15)14-9-20-10-14/h5-8,11,14H,1-4,9-10H2. The van der Waals surface area contributed by atoms with E-state index in [-0.39, 0.29) is 0 Å². The minimum absolute atomic E-state index is 0.349. The molecule has 1 aliphatic carbocycles. The van der Waals surface area contributed by atoms with Crippen molar-refractivity contribution in [3.63, 3.8) is 0 Å². The molecule has 3 heterocycles. The maximum absolute atomic E-state index is 5.19. The Morgan fingerprint density at radius 3 is 2.75 bits per heavy atom. The molecular weight excluding hydrogens is 252 g/mol. The topological polar surface area (TPSA) is 52.8 Å². The first-order valence-corrected chi connectivity index (χ1v) is 7.35. The summed E-state index contributed by atoms with van der Waals surface area (Å²) in [6.07, 6.45) is 11.1. The van der Waals surface area contributed by atoms with Crippen molar-refractivity contribution in [2.24, 2.45) is 0 Å². The molecule has 2 aromatic rings. The number of pyridine rings is 1. The van der Waals surface area contributed by atoms with Gasteiger partial charge in [-0.05, 0) is 30.4 Å². The molecule has 104 valence electrons. The van der Waals surface area contributed by atoms with Gasteiger partial charge in [0.15, 0.2) is 0 Å². The number of ether oxygens (including phenoxy) is 1. The second-order valence-corrected chi connectivity index (χ2v) is 5.76. The summed E-state index contributed by atoms with van der Waals surface area (Å²) in [6.45, 7) is 1.48. The van der Waals surface area contributed by atoms with Crippen LogP contribution >= 0.6 is 0 Å². The van der Waals surface area contributed by atoms with Crippen LogP contribution in [0.3, 0.4) is 0 Å². The van der Waals surface area contributed by atoms with E-state index >= 15 is 0 Å². The summed E-state index contributed by atoms with van der Waals surface area (Å²) >= 11 is 0. The molecule has 1 saturated heterocycles. The fourth-order valence-corrected chi connectivity index (χ4v) is 3.04. The molecule has 0 unspecified atom stereocenters. The largest absolute Gasteiger partial charge is 0.377 e. The van der Waals surface area contributed by atoms with Crippen molar-refractivity contribution in [3.8, 4) is 11.3 Å². The van der Waals surface area contributed by atoms with Gasteiger partial charge in [0.05, 0.1) is 19.4 Å². The molecule has 0 radical (unpaired) electrons. The Hall–Kier alpha value is -1.75. The quantitative estimate of drug-likeness (QED) is 0.860. The zero-order chi connectivity index (χ0) is 13.4. The summed E-state index contributed by atoms with van der Waals surface area (Å²) < 4.78 is 7.09. The Bertz CT molecular complexity index is 599. The molecule has 0 bridgehead atoms. The van der Waals surface area contributed by atoms with Crippen LogP contribution in [0.1, 0.15) is 43.2 Å². The van der Waals surface area contributed by atoms with E-state index in [9.17, 15) is 0 Å². The minimum Gasteiger partial charge on any atom is -0.377 e. The van der Waals surface area contributed by atoms with Gasteiger partial charge in [-0.1, -0.05) is 18.1 Å². The molecule has 5 nitrogen and oxygen atoms in total. The predicted molar refractivity (Wildman–Crippen MR) is 74.3 cm³/mol. The van der Waals surface area contributed by atoms with Crippen molar-refractivity contribution in [1.29, 1.82) is 0 Å². The summed E-state index contributed by atoms with van der Waals surface area (Å²) in [6, 6.07) is 2.58. The highest BCUT2D eigenvalue weighted by atomic mass is 16.5. The van der Waals surface area contributed by atoms with Gasteiger partial charge in [-0.3, -0.25) is 4.98 Å². The van der Waals surface area contributed by atoms with Crippen molar-refractivity contribution in [2.45, 2.75) is 37.6 Å². The second kappa shape index (κ2) is 4.98. The summed E-state index contributed by atoms with van der Waals surface area (Å²) in [7, 11) is 0. The van der Waals surface area contributed by atoms with Gasteiger partial charge in [0, 0.05) is 18.0 Å². The third kappa shape index (κ3) is 2.12. The molecule has 1 saturated carbocycles. The van der Waals surface area contributed by atoms with Crippen molar-refractivity contribution < 1.29 is 4.74 Å². The highest BCUT2D eigenvalue weighted by Crippen LogP contribution is 2.34. The van der Waals surface area contributed by atoms with Crippen LogP contribution in [0.5, 0.6) is 0 Å². The van der Waals surface area contributed by atoms with Gasteiger partial charge in [-0.25, -0.2) is 4.68 Å². The molecular formula is C15H18N4O. The number of nitrogens with zero attached hydrogens (tertiary/aromatic N) is 4. The van der Waals surface area contributed by atoms with Crippen LogP contribution in [0.25, 0.3) is 11.3 Å². The third-order valence-electron chi connectivity index (χ3n) is 4.39. The van der Waals surface area contributed by atoms with Crippen LogP contribution in [-0.4, -0.2) is 33.2 Å². The Morgan fingerprint density at radius 1 is 1.15 bits per heavy atom. The molecule has 0 spiro atoms. The Kier molecular flexibility index (Phi) is 2.99. The van der Waals surface area contributed by atoms with E-state index in [1.54, 1.807) is 0 Å². The molecule has 2 aromatic heterocycles. The number of rotatable bonds is 3. The Morgan fingerprint density at radius 2 is 2.00 bits per heavy atom. The summed E-state index contributed by atoms with van der Waals surface area (Å²) in [5.74, 6) is 0.678. The first-order valence-electron chi connectivity index (χ1n) is 7.35. The molecule has 0 atom stereocenters. The lowest BCUT2D eigenvalue weighted by Gasteiger charge is -2.25. The lowest BCUT2D eigenvalue weighted by atomic mass is 9.98. The van der Waals surface area contributed by atoms with E-state index in [0.29, 0.717) is 12.0 Å². The Labute approximate surface area is 118 Å². The van der Waals surface area contributed by atoms with Gasteiger partial charge in [0.25, 0.3) is 0 Å². The van der Waals surface area contributed by atoms with Crippen LogP contribution in [0.2, 0.25) is 0 Å². The first kappa shape index (κ1) is 12.0. The first-order chi connectivity index (χ1) is 9.90. The highest BCUT2D eigenvalue weighted by Gasteiger charge is 2.22. The van der Waals surface area contributed by atoms with E-state index in [1.807, 2.05) is 23.3 Å². The van der Waals surface area contributed by atoms with Crippen LogP contribution in [0.15, 0.2) is 24.7 Å². The maximum atomic E-state index is 5.19. The van der Waals surface area contributed by atoms with Gasteiger partial charge in [0.1, 0.15) is 11.7 Å². The monoisotopic (exact) mass is 270 g/mol. The van der Waals surface area contributed by atoms with Crippen molar-refractivity contribution in [3.05, 3.63) is 30.2 Å². The summed E-state index contributed by atoms with van der Waals surface area (Å²) in [5.41, 5.74) is 3.33. The van der Waals surface area contributed by atoms with Gasteiger partial charge in [0.2, 0.25) is 0 Å². The lowest BCUT2D eigenvalue weighted by Crippen LogP contribution is -2.30. The SMILES string of the molecule is c1ncc(C2CCCC2)cc1-c1cn(C2COC2)nn1. The fraction of sp³-hybridized carbons (Fsp3) is 0.533. The summed E-state index contributed by atoms with van der Waals surface area (Å²) in [5, 5.41) is 8.48. The molecule has 0 amide bonds. The smallest absolute Gasteiger partial charge is 0.114 e. The van der Waals surface area contributed by atoms with Crippen LogP contribution in [-0.2, 0) is 4.74 Å². The minimum atomic E-state index is 0.349. The van der Waals surface area contributed by atoms with Gasteiger partial charge in [-0.2, -0.15) is 0 Å². The molecule has 5 heteroatoms. The maximum Gasteiger partial charge on any atom is 0.114 e. The fourth-order valence-electron chi connectivity index (χ4n) is 3.04. The molecule has 4 rings (SSSR count). The van der Waals surface area contributed by atoms with Gasteiger partial charge >= 0.3 is 0 Å². The van der Waals surface area contributed by atoms with E-state index in [0.717, 1.165) is 24.5 Å². The average Bonchev–Trinajstić information content (AvgIpc) is 3.08. The molecule has 20 heavy (non-hydrogen) atoms. The summed E-state index contributed by atoms with van der Waals surface area (Å²) in [4.78, 5) is 4.39. The number of aromatic nitrogens is 4. The van der Waals surface area contributed by atoms with Gasteiger partial charge in [-0.15, -0.1) is 5.10 Å². The van der Waals surface area contributed by atoms with Gasteiger partial charge < -0.3 is 4.74 Å². The number of hydrogen-bond acceptors (Lipinski definition) is 4. The zero-order valence-corrected chi connectivity index (χ0v) is 11.4. The average molecular weight is 270 g/mol.